The number of nitrogen functional groups attached to an aromatic ring is 1. The van der Waals surface area contributed by atoms with E-state index in [1.807, 2.05) is 13.1 Å². The minimum atomic E-state index is -4.57. The Morgan fingerprint density at radius 2 is 1.90 bits per heavy atom. The number of anilines is 1. The van der Waals surface area contributed by atoms with Crippen LogP contribution >= 0.6 is 0 Å². The Bertz CT molecular complexity index is 986. The number of carbonyl (C=O) groups excluding carboxylic acids is 1. The number of hydrogen-bond acceptors (Lipinski definition) is 6. The predicted molar refractivity (Wildman–Crippen MR) is 104 cm³/mol. The van der Waals surface area contributed by atoms with Crippen molar-refractivity contribution in [1.29, 1.82) is 5.26 Å². The first kappa shape index (κ1) is 21.7. The highest BCUT2D eigenvalue weighted by molar-refractivity contribution is 5.96. The number of nitriles is 1. The minimum Gasteiger partial charge on any atom is -0.464 e. The van der Waals surface area contributed by atoms with Crippen LogP contribution in [0, 0.1) is 11.3 Å². The Morgan fingerprint density at radius 3 is 2.47 bits per heavy atom. The van der Waals surface area contributed by atoms with E-state index in [4.69, 9.17) is 10.5 Å². The number of ether oxygens (including phenoxy) is 1. The number of rotatable bonds is 4. The van der Waals surface area contributed by atoms with E-state index < -0.39 is 17.7 Å². The van der Waals surface area contributed by atoms with Crippen LogP contribution < -0.4 is 5.73 Å². The first-order chi connectivity index (χ1) is 14.1. The largest absolute Gasteiger partial charge is 0.464 e. The summed E-state index contributed by atoms with van der Waals surface area (Å²) in [5.41, 5.74) is 5.23. The molecule has 0 amide bonds. The fourth-order valence-electron chi connectivity index (χ4n) is 3.45. The van der Waals surface area contributed by atoms with Gasteiger partial charge in [0, 0.05) is 44.6 Å². The quantitative estimate of drug-likeness (QED) is 0.764. The van der Waals surface area contributed by atoms with Crippen molar-refractivity contribution in [3.8, 4) is 11.8 Å². The van der Waals surface area contributed by atoms with Gasteiger partial charge in [-0.25, -0.2) is 4.79 Å². The maximum absolute atomic E-state index is 13.6. The van der Waals surface area contributed by atoms with Crippen molar-refractivity contribution in [3.05, 3.63) is 46.8 Å². The van der Waals surface area contributed by atoms with Crippen LogP contribution in [0.4, 0.5) is 18.9 Å². The maximum atomic E-state index is 13.6. The van der Waals surface area contributed by atoms with Gasteiger partial charge in [0.15, 0.2) is 5.69 Å². The molecule has 160 valence electrons. The second-order valence-electron chi connectivity index (χ2n) is 7.24. The molecular weight excluding hydrogens is 399 g/mol. The van der Waals surface area contributed by atoms with E-state index >= 15 is 0 Å². The lowest BCUT2D eigenvalue weighted by molar-refractivity contribution is -0.137. The molecule has 1 fully saturated rings. The van der Waals surface area contributed by atoms with Gasteiger partial charge in [-0.2, -0.15) is 18.4 Å². The second-order valence-corrected chi connectivity index (χ2v) is 7.24. The highest BCUT2D eigenvalue weighted by atomic mass is 19.4. The molecule has 1 aliphatic rings. The number of esters is 1. The van der Waals surface area contributed by atoms with Gasteiger partial charge in [-0.05, 0) is 30.8 Å². The summed E-state index contributed by atoms with van der Waals surface area (Å²) < 4.78 is 46.6. The third kappa shape index (κ3) is 4.42. The molecule has 0 spiro atoms. The van der Waals surface area contributed by atoms with Gasteiger partial charge in [0.05, 0.1) is 23.9 Å². The van der Waals surface area contributed by atoms with Crippen LogP contribution in [0.2, 0.25) is 0 Å². The van der Waals surface area contributed by atoms with Crippen molar-refractivity contribution >= 4 is 11.7 Å². The molecule has 1 aromatic heterocycles. The normalized spacial score (nSPS) is 15.7. The lowest BCUT2D eigenvalue weighted by atomic mass is 10.1. The van der Waals surface area contributed by atoms with Gasteiger partial charge in [0.2, 0.25) is 0 Å². The molecule has 0 radical (unpaired) electrons. The van der Waals surface area contributed by atoms with Crippen LogP contribution in [0.5, 0.6) is 0 Å². The first-order valence-corrected chi connectivity index (χ1v) is 9.25. The van der Waals surface area contributed by atoms with Crippen LogP contribution in [0.3, 0.4) is 0 Å². The van der Waals surface area contributed by atoms with E-state index in [0.717, 1.165) is 45.4 Å². The zero-order chi connectivity index (χ0) is 22.1. The van der Waals surface area contributed by atoms with E-state index in [2.05, 4.69) is 9.80 Å². The number of aromatic nitrogens is 1. The molecular formula is C20H22F3N5O2. The van der Waals surface area contributed by atoms with E-state index in [-0.39, 0.29) is 22.6 Å². The monoisotopic (exact) mass is 421 g/mol. The molecule has 7 nitrogen and oxygen atoms in total. The fraction of sp³-hybridized carbons (Fsp3) is 0.400. The number of alkyl halides is 3. The molecule has 0 unspecified atom stereocenters. The van der Waals surface area contributed by atoms with Crippen molar-refractivity contribution in [3.63, 3.8) is 0 Å². The molecule has 2 aromatic rings. The molecule has 3 rings (SSSR count). The molecule has 1 aromatic carbocycles. The van der Waals surface area contributed by atoms with Gasteiger partial charge in [0.25, 0.3) is 0 Å². The van der Waals surface area contributed by atoms with Gasteiger partial charge < -0.3 is 19.9 Å². The molecule has 1 aliphatic heterocycles. The smallest absolute Gasteiger partial charge is 0.416 e. The number of hydrogen-bond donors (Lipinski definition) is 1. The van der Waals surface area contributed by atoms with Crippen LogP contribution in [0.15, 0.2) is 24.4 Å². The molecule has 10 heteroatoms. The molecule has 0 saturated carbocycles. The van der Waals surface area contributed by atoms with Crippen LogP contribution in [-0.2, 0) is 17.5 Å². The van der Waals surface area contributed by atoms with Gasteiger partial charge in [-0.3, -0.25) is 4.90 Å². The van der Waals surface area contributed by atoms with Gasteiger partial charge in [-0.1, -0.05) is 0 Å². The van der Waals surface area contributed by atoms with Gasteiger partial charge in [-0.15, -0.1) is 0 Å². The van der Waals surface area contributed by atoms with Crippen molar-refractivity contribution < 1.29 is 22.7 Å². The zero-order valence-corrected chi connectivity index (χ0v) is 16.7. The minimum absolute atomic E-state index is 0.0200. The number of benzene rings is 1. The van der Waals surface area contributed by atoms with Crippen molar-refractivity contribution in [2.75, 3.05) is 46.1 Å². The average molecular weight is 421 g/mol. The lowest BCUT2D eigenvalue weighted by Crippen LogP contribution is -2.43. The third-order valence-corrected chi connectivity index (χ3v) is 5.13. The topological polar surface area (TPSA) is 87.5 Å². The zero-order valence-electron chi connectivity index (χ0n) is 16.7. The van der Waals surface area contributed by atoms with E-state index in [1.54, 1.807) is 6.07 Å². The van der Waals surface area contributed by atoms with E-state index in [0.29, 0.717) is 12.1 Å². The lowest BCUT2D eigenvalue weighted by Gasteiger charge is -2.32. The number of piperazine rings is 1. The van der Waals surface area contributed by atoms with E-state index in [1.165, 1.54) is 10.8 Å². The summed E-state index contributed by atoms with van der Waals surface area (Å²) in [5.74, 6) is -0.841. The maximum Gasteiger partial charge on any atom is 0.416 e. The molecule has 2 heterocycles. The fourth-order valence-corrected chi connectivity index (χ4v) is 3.45. The predicted octanol–water partition coefficient (Wildman–Crippen LogP) is 2.48. The molecule has 2 N–H and O–H groups in total. The highest BCUT2D eigenvalue weighted by Gasteiger charge is 2.32. The summed E-state index contributed by atoms with van der Waals surface area (Å²) in [6.07, 6.45) is -3.33. The summed E-state index contributed by atoms with van der Waals surface area (Å²) >= 11 is 0. The first-order valence-electron chi connectivity index (χ1n) is 9.25. The number of nitrogens with two attached hydrogens (primary N) is 1. The summed E-state index contributed by atoms with van der Waals surface area (Å²) in [6, 6.07) is 5.46. The van der Waals surface area contributed by atoms with Crippen molar-refractivity contribution in [2.24, 2.45) is 0 Å². The second kappa shape index (κ2) is 8.38. The number of methoxy groups -OCH3 is 1. The van der Waals surface area contributed by atoms with Gasteiger partial charge >= 0.3 is 12.1 Å². The van der Waals surface area contributed by atoms with Crippen LogP contribution in [0.1, 0.15) is 27.2 Å². The SMILES string of the molecule is COC(=O)c1c(N)c(C#N)cn1-c1cc(CN2CCN(C)CC2)cc(C(F)(F)F)c1. The number of halogens is 3. The number of carbonyl (C=O) groups is 1. The highest BCUT2D eigenvalue weighted by Crippen LogP contribution is 2.33. The standard InChI is InChI=1S/C20H22F3N5O2/c1-26-3-5-27(6-4-26)11-13-7-15(20(21,22)23)9-16(8-13)28-12-14(10-24)17(25)18(28)19(29)30-2/h7-9,12H,3-6,11,25H2,1-2H3. The Hall–Kier alpha value is -3.03. The summed E-state index contributed by atoms with van der Waals surface area (Å²) in [6.45, 7) is 3.48. The van der Waals surface area contributed by atoms with E-state index in [9.17, 15) is 23.2 Å². The van der Waals surface area contributed by atoms with Crippen molar-refractivity contribution in [1.82, 2.24) is 14.4 Å². The Morgan fingerprint density at radius 1 is 1.23 bits per heavy atom. The van der Waals surface area contributed by atoms with Crippen molar-refractivity contribution in [2.45, 2.75) is 12.7 Å². The van der Waals surface area contributed by atoms with Crippen LogP contribution in [-0.4, -0.2) is 60.7 Å². The Balaban J connectivity index is 2.09. The van der Waals surface area contributed by atoms with Gasteiger partial charge in [0.1, 0.15) is 6.07 Å². The molecule has 1 saturated heterocycles. The Labute approximate surface area is 172 Å². The summed E-state index contributed by atoms with van der Waals surface area (Å²) in [5, 5.41) is 9.25. The number of nitrogens with zero attached hydrogens (tertiary/aromatic N) is 4. The Kier molecular flexibility index (Phi) is 6.05. The average Bonchev–Trinajstić information content (AvgIpc) is 3.04. The molecule has 0 atom stereocenters. The van der Waals surface area contributed by atoms with Crippen LogP contribution in [0.25, 0.3) is 5.69 Å². The summed E-state index contributed by atoms with van der Waals surface area (Å²) in [4.78, 5) is 16.4. The molecule has 0 bridgehead atoms. The third-order valence-electron chi connectivity index (χ3n) is 5.13. The number of likely N-dealkylation sites (N-methyl/N-ethyl adjacent to an activating group) is 1. The molecule has 30 heavy (non-hydrogen) atoms. The summed E-state index contributed by atoms with van der Waals surface area (Å²) in [7, 11) is 3.13. The molecule has 0 aliphatic carbocycles.